The van der Waals surface area contributed by atoms with Crippen molar-refractivity contribution in [3.05, 3.63) is 54.1 Å². The molecule has 0 saturated carbocycles. The zero-order valence-corrected chi connectivity index (χ0v) is 12.9. The summed E-state index contributed by atoms with van der Waals surface area (Å²) in [7, 11) is 0. The summed E-state index contributed by atoms with van der Waals surface area (Å²) in [5.74, 6) is 1.44. The summed E-state index contributed by atoms with van der Waals surface area (Å²) < 4.78 is 4.87. The van der Waals surface area contributed by atoms with Crippen molar-refractivity contribution in [2.24, 2.45) is 0 Å². The number of aryl methyl sites for hydroxylation is 2. The average molecular weight is 271 g/mol. The second kappa shape index (κ2) is 7.88. The van der Waals surface area contributed by atoms with Crippen molar-refractivity contribution in [1.82, 2.24) is 4.57 Å². The lowest BCUT2D eigenvalue weighted by Gasteiger charge is -2.05. The lowest BCUT2D eigenvalue weighted by Crippen LogP contribution is -2.37. The molecule has 0 aliphatic heterocycles. The first kappa shape index (κ1) is 14.8. The Morgan fingerprint density at radius 3 is 2.45 bits per heavy atom. The smallest absolute Gasteiger partial charge is 0.234 e. The Morgan fingerprint density at radius 1 is 1.00 bits per heavy atom. The summed E-state index contributed by atoms with van der Waals surface area (Å²) >= 11 is 0. The van der Waals surface area contributed by atoms with E-state index in [0.29, 0.717) is 0 Å². The number of unbranched alkanes of at least 4 members (excludes halogenated alkanes) is 2. The number of benzene rings is 1. The van der Waals surface area contributed by atoms with E-state index in [1.165, 1.54) is 37.1 Å². The topological polar surface area (TPSA) is 8.81 Å². The van der Waals surface area contributed by atoms with Crippen LogP contribution in [0.2, 0.25) is 0 Å². The van der Waals surface area contributed by atoms with Crippen LogP contribution in [0.1, 0.15) is 50.9 Å². The van der Waals surface area contributed by atoms with Gasteiger partial charge in [0.25, 0.3) is 5.82 Å². The molecular formula is C18H27N2+. The first-order chi connectivity index (χ1) is 9.85. The molecule has 2 heteroatoms. The van der Waals surface area contributed by atoms with Crippen LogP contribution in [0.3, 0.4) is 0 Å². The van der Waals surface area contributed by atoms with E-state index in [0.717, 1.165) is 19.5 Å². The number of imidazole rings is 1. The molecule has 0 radical (unpaired) electrons. The first-order valence-corrected chi connectivity index (χ1v) is 7.96. The molecule has 0 aliphatic rings. The van der Waals surface area contributed by atoms with Crippen LogP contribution in [-0.2, 0) is 19.5 Å². The highest BCUT2D eigenvalue weighted by molar-refractivity contribution is 5.18. The summed E-state index contributed by atoms with van der Waals surface area (Å²) in [5.41, 5.74) is 1.40. The number of hydrogen-bond acceptors (Lipinski definition) is 0. The van der Waals surface area contributed by atoms with Gasteiger partial charge in [-0.15, -0.1) is 0 Å². The molecule has 2 nitrogen and oxygen atoms in total. The monoisotopic (exact) mass is 271 g/mol. The first-order valence-electron chi connectivity index (χ1n) is 7.96. The molecule has 2 aromatic rings. The average Bonchev–Trinajstić information content (AvgIpc) is 2.86. The Kier molecular flexibility index (Phi) is 5.85. The van der Waals surface area contributed by atoms with Crippen LogP contribution in [0, 0.1) is 0 Å². The van der Waals surface area contributed by atoms with Gasteiger partial charge in [-0.2, -0.15) is 0 Å². The summed E-state index contributed by atoms with van der Waals surface area (Å²) in [6.07, 6.45) is 10.5. The second-order valence-corrected chi connectivity index (χ2v) is 5.47. The van der Waals surface area contributed by atoms with Gasteiger partial charge in [0, 0.05) is 0 Å². The molecule has 108 valence electrons. The molecule has 1 aromatic carbocycles. The van der Waals surface area contributed by atoms with Gasteiger partial charge < -0.3 is 0 Å². The Labute approximate surface area is 123 Å². The largest absolute Gasteiger partial charge is 0.260 e. The predicted octanol–water partition coefficient (Wildman–Crippen LogP) is 3.97. The molecule has 1 aromatic heterocycles. The standard InChI is InChI=1S/C18H27N2/c1-3-5-12-19-14-15-20(13-6-4-2)18(19)16-17-10-8-7-9-11-17/h7-11,14-15H,3-6,12-13,16H2,1-2H3/q+1. The fraction of sp³-hybridized carbons (Fsp3) is 0.500. The van der Waals surface area contributed by atoms with E-state index in [4.69, 9.17) is 0 Å². The summed E-state index contributed by atoms with van der Waals surface area (Å²) in [6, 6.07) is 10.8. The van der Waals surface area contributed by atoms with Gasteiger partial charge in [-0.25, -0.2) is 9.13 Å². The van der Waals surface area contributed by atoms with Crippen molar-refractivity contribution in [2.75, 3.05) is 0 Å². The highest BCUT2D eigenvalue weighted by Crippen LogP contribution is 2.08. The highest BCUT2D eigenvalue weighted by atomic mass is 15.1. The van der Waals surface area contributed by atoms with Crippen molar-refractivity contribution in [3.8, 4) is 0 Å². The SMILES string of the molecule is CCCCn1cc[n+](CCCC)c1Cc1ccccc1. The van der Waals surface area contributed by atoms with E-state index < -0.39 is 0 Å². The second-order valence-electron chi connectivity index (χ2n) is 5.47. The quantitative estimate of drug-likeness (QED) is 0.642. The summed E-state index contributed by atoms with van der Waals surface area (Å²) in [6.45, 7) is 6.78. The lowest BCUT2D eigenvalue weighted by molar-refractivity contribution is -0.703. The van der Waals surface area contributed by atoms with Crippen LogP contribution in [0.5, 0.6) is 0 Å². The van der Waals surface area contributed by atoms with Crippen LogP contribution < -0.4 is 4.57 Å². The normalized spacial score (nSPS) is 10.9. The van der Waals surface area contributed by atoms with Gasteiger partial charge in [0.1, 0.15) is 12.4 Å². The van der Waals surface area contributed by atoms with Crippen molar-refractivity contribution < 1.29 is 4.57 Å². The van der Waals surface area contributed by atoms with Gasteiger partial charge in [-0.1, -0.05) is 57.0 Å². The molecule has 20 heavy (non-hydrogen) atoms. The van der Waals surface area contributed by atoms with E-state index in [-0.39, 0.29) is 0 Å². The molecule has 1 heterocycles. The molecule has 0 aliphatic carbocycles. The van der Waals surface area contributed by atoms with Gasteiger partial charge >= 0.3 is 0 Å². The van der Waals surface area contributed by atoms with Crippen LogP contribution in [-0.4, -0.2) is 4.57 Å². The number of nitrogens with zero attached hydrogens (tertiary/aromatic N) is 2. The molecule has 0 unspecified atom stereocenters. The van der Waals surface area contributed by atoms with Crippen molar-refractivity contribution in [1.29, 1.82) is 0 Å². The number of rotatable bonds is 8. The molecule has 0 fully saturated rings. The van der Waals surface area contributed by atoms with Gasteiger partial charge in [0.2, 0.25) is 0 Å². The zero-order valence-electron chi connectivity index (χ0n) is 12.9. The van der Waals surface area contributed by atoms with E-state index in [1.807, 2.05) is 0 Å². The molecule has 0 spiro atoms. The minimum atomic E-state index is 1.03. The molecule has 2 rings (SSSR count). The van der Waals surface area contributed by atoms with Gasteiger partial charge in [0.15, 0.2) is 0 Å². The van der Waals surface area contributed by atoms with E-state index in [9.17, 15) is 0 Å². The molecule has 0 N–H and O–H groups in total. The van der Waals surface area contributed by atoms with Crippen LogP contribution in [0.15, 0.2) is 42.7 Å². The Hall–Kier alpha value is -1.57. The minimum Gasteiger partial charge on any atom is -0.234 e. The van der Waals surface area contributed by atoms with Gasteiger partial charge in [-0.05, 0) is 18.4 Å². The third kappa shape index (κ3) is 3.96. The van der Waals surface area contributed by atoms with Gasteiger partial charge in [-0.3, -0.25) is 0 Å². The third-order valence-corrected chi connectivity index (χ3v) is 3.80. The molecule has 0 amide bonds. The van der Waals surface area contributed by atoms with Crippen LogP contribution in [0.4, 0.5) is 0 Å². The van der Waals surface area contributed by atoms with Gasteiger partial charge in [0.05, 0.1) is 19.5 Å². The highest BCUT2D eigenvalue weighted by Gasteiger charge is 2.16. The summed E-state index contributed by atoms with van der Waals surface area (Å²) in [5, 5.41) is 0. The van der Waals surface area contributed by atoms with Crippen LogP contribution >= 0.6 is 0 Å². The van der Waals surface area contributed by atoms with Crippen LogP contribution in [0.25, 0.3) is 0 Å². The third-order valence-electron chi connectivity index (χ3n) is 3.80. The summed E-state index contributed by atoms with van der Waals surface area (Å²) in [4.78, 5) is 0. The van der Waals surface area contributed by atoms with Crippen molar-refractivity contribution in [2.45, 2.75) is 59.0 Å². The molecular weight excluding hydrogens is 244 g/mol. The number of aromatic nitrogens is 2. The molecule has 0 bridgehead atoms. The van der Waals surface area contributed by atoms with Crippen molar-refractivity contribution >= 4 is 0 Å². The molecule has 0 saturated heterocycles. The van der Waals surface area contributed by atoms with Crippen molar-refractivity contribution in [3.63, 3.8) is 0 Å². The fourth-order valence-corrected chi connectivity index (χ4v) is 2.54. The Morgan fingerprint density at radius 2 is 1.75 bits per heavy atom. The fourth-order valence-electron chi connectivity index (χ4n) is 2.54. The predicted molar refractivity (Wildman–Crippen MR) is 83.7 cm³/mol. The Bertz CT molecular complexity index is 474. The lowest BCUT2D eigenvalue weighted by atomic mass is 10.1. The van der Waals surface area contributed by atoms with E-state index in [1.54, 1.807) is 0 Å². The Balaban J connectivity index is 2.18. The maximum atomic E-state index is 2.44. The maximum absolute atomic E-state index is 2.44. The minimum absolute atomic E-state index is 1.03. The molecule has 0 atom stereocenters. The zero-order chi connectivity index (χ0) is 14.2. The van der Waals surface area contributed by atoms with E-state index in [2.05, 4.69) is 65.7 Å². The maximum Gasteiger partial charge on any atom is 0.260 e. The number of hydrogen-bond donors (Lipinski definition) is 0. The van der Waals surface area contributed by atoms with E-state index >= 15 is 0 Å².